The first kappa shape index (κ1) is 17.4. The molecule has 19 heavy (non-hydrogen) atoms. The van der Waals surface area contributed by atoms with E-state index in [2.05, 4.69) is 11.9 Å². The Morgan fingerprint density at radius 1 is 1.32 bits per heavy atom. The van der Waals surface area contributed by atoms with Crippen LogP contribution in [0.15, 0.2) is 24.4 Å². The summed E-state index contributed by atoms with van der Waals surface area (Å²) in [5.74, 6) is -1.79. The highest BCUT2D eigenvalue weighted by atomic mass is 32.2. The van der Waals surface area contributed by atoms with Gasteiger partial charge in [-0.05, 0) is 6.42 Å². The van der Waals surface area contributed by atoms with Crippen LogP contribution in [0.2, 0.25) is 0 Å². The molecule has 0 aromatic carbocycles. The second-order valence-corrected chi connectivity index (χ2v) is 6.60. The maximum atomic E-state index is 11.6. The number of carbonyl (C=O) groups excluding carboxylic acids is 2. The third-order valence-electron chi connectivity index (χ3n) is 1.75. The lowest BCUT2D eigenvalue weighted by Gasteiger charge is -2.14. The van der Waals surface area contributed by atoms with Gasteiger partial charge in [0.2, 0.25) is 11.0 Å². The first-order valence-corrected chi connectivity index (χ1v) is 6.56. The van der Waals surface area contributed by atoms with Crippen molar-refractivity contribution in [3.8, 4) is 0 Å². The average Bonchev–Trinajstić information content (AvgIpc) is 2.22. The molecule has 5 nitrogen and oxygen atoms in total. The Balaban J connectivity index is 4.73. The lowest BCUT2D eigenvalue weighted by molar-refractivity contribution is -0.134. The Morgan fingerprint density at radius 3 is 2.32 bits per heavy atom. The zero-order valence-electron chi connectivity index (χ0n) is 11.4. The molecule has 0 atom stereocenters. The number of allylic oxidation sites excluding steroid dienone is 1. The number of hydrogen-bond donors (Lipinski definition) is 2. The van der Waals surface area contributed by atoms with Crippen molar-refractivity contribution in [3.05, 3.63) is 24.4 Å². The van der Waals surface area contributed by atoms with E-state index in [9.17, 15) is 14.4 Å². The smallest absolute Gasteiger partial charge is 0.352 e. The molecule has 0 aliphatic heterocycles. The quantitative estimate of drug-likeness (QED) is 0.577. The van der Waals surface area contributed by atoms with Crippen molar-refractivity contribution < 1.29 is 19.5 Å². The molecule has 0 unspecified atom stereocenters. The molecular formula is C13H19NO4S. The standard InChI is InChI=1S/C13H19NO4S/c1-5-6-7-10(15)14-9(12(17)18)8-11(16)19-13(2,3)4/h5,8H,1,6-7H2,2-4H3,(H,14,15)(H,17,18)/b9-8+. The molecule has 0 aromatic rings. The Kier molecular flexibility index (Phi) is 7.14. The summed E-state index contributed by atoms with van der Waals surface area (Å²) in [4.78, 5) is 34.0. The topological polar surface area (TPSA) is 83.5 Å². The minimum atomic E-state index is -1.34. The molecule has 0 bridgehead atoms. The van der Waals surface area contributed by atoms with Crippen LogP contribution in [0.3, 0.4) is 0 Å². The van der Waals surface area contributed by atoms with Gasteiger partial charge in [0, 0.05) is 17.2 Å². The number of carbonyl (C=O) groups is 3. The van der Waals surface area contributed by atoms with Crippen LogP contribution in [0.1, 0.15) is 33.6 Å². The molecule has 0 aromatic heterocycles. The van der Waals surface area contributed by atoms with Crippen LogP contribution in [0.4, 0.5) is 0 Å². The summed E-state index contributed by atoms with van der Waals surface area (Å²) in [6.45, 7) is 8.99. The highest BCUT2D eigenvalue weighted by molar-refractivity contribution is 8.15. The fourth-order valence-corrected chi connectivity index (χ4v) is 1.83. The van der Waals surface area contributed by atoms with E-state index in [4.69, 9.17) is 5.11 Å². The van der Waals surface area contributed by atoms with Gasteiger partial charge < -0.3 is 10.4 Å². The maximum absolute atomic E-state index is 11.6. The number of rotatable bonds is 6. The van der Waals surface area contributed by atoms with Gasteiger partial charge in [0.1, 0.15) is 5.70 Å². The average molecular weight is 285 g/mol. The molecule has 6 heteroatoms. The Morgan fingerprint density at radius 2 is 1.89 bits per heavy atom. The van der Waals surface area contributed by atoms with Gasteiger partial charge >= 0.3 is 5.97 Å². The summed E-state index contributed by atoms with van der Waals surface area (Å²) >= 11 is 1.00. The molecular weight excluding hydrogens is 266 g/mol. The number of amides is 1. The van der Waals surface area contributed by atoms with Crippen molar-refractivity contribution in [2.75, 3.05) is 0 Å². The summed E-state index contributed by atoms with van der Waals surface area (Å²) in [7, 11) is 0. The summed E-state index contributed by atoms with van der Waals surface area (Å²) < 4.78 is -0.315. The summed E-state index contributed by atoms with van der Waals surface area (Å²) in [6.07, 6.45) is 3.08. The van der Waals surface area contributed by atoms with E-state index in [1.54, 1.807) is 6.08 Å². The van der Waals surface area contributed by atoms with Crippen molar-refractivity contribution in [2.24, 2.45) is 0 Å². The second kappa shape index (κ2) is 7.78. The van der Waals surface area contributed by atoms with Gasteiger partial charge in [0.05, 0.1) is 0 Å². The van der Waals surface area contributed by atoms with Crippen LogP contribution in [0.5, 0.6) is 0 Å². The normalized spacial score (nSPS) is 11.8. The van der Waals surface area contributed by atoms with Gasteiger partial charge in [-0.25, -0.2) is 4.79 Å². The number of hydrogen-bond acceptors (Lipinski definition) is 4. The number of aliphatic carboxylic acids is 1. The maximum Gasteiger partial charge on any atom is 0.352 e. The van der Waals surface area contributed by atoms with Gasteiger partial charge in [-0.15, -0.1) is 6.58 Å². The van der Waals surface area contributed by atoms with Crippen LogP contribution >= 0.6 is 11.8 Å². The molecule has 2 N–H and O–H groups in total. The molecule has 0 saturated heterocycles. The van der Waals surface area contributed by atoms with Gasteiger partial charge in [-0.3, -0.25) is 9.59 Å². The molecule has 0 spiro atoms. The van der Waals surface area contributed by atoms with Crippen molar-refractivity contribution in [1.82, 2.24) is 5.32 Å². The fraction of sp³-hybridized carbons (Fsp3) is 0.462. The highest BCUT2D eigenvalue weighted by Crippen LogP contribution is 2.24. The summed E-state index contributed by atoms with van der Waals surface area (Å²) in [5.41, 5.74) is -0.407. The van der Waals surface area contributed by atoms with E-state index in [-0.39, 0.29) is 11.2 Å². The van der Waals surface area contributed by atoms with Crippen molar-refractivity contribution in [3.63, 3.8) is 0 Å². The molecule has 0 heterocycles. The second-order valence-electron chi connectivity index (χ2n) is 4.77. The number of carboxylic acids is 1. The Bertz CT molecular complexity index is 407. The van der Waals surface area contributed by atoms with E-state index in [0.29, 0.717) is 6.42 Å². The van der Waals surface area contributed by atoms with Crippen LogP contribution in [0, 0.1) is 0 Å². The summed E-state index contributed by atoms with van der Waals surface area (Å²) in [5, 5.41) is 10.7. The molecule has 0 aliphatic carbocycles. The molecule has 0 fully saturated rings. The zero-order chi connectivity index (χ0) is 15.1. The van der Waals surface area contributed by atoms with Gasteiger partial charge in [-0.2, -0.15) is 0 Å². The van der Waals surface area contributed by atoms with Gasteiger partial charge in [0.25, 0.3) is 0 Å². The summed E-state index contributed by atoms with van der Waals surface area (Å²) in [6, 6.07) is 0. The lowest BCUT2D eigenvalue weighted by atomic mass is 10.3. The van der Waals surface area contributed by atoms with Crippen molar-refractivity contribution in [1.29, 1.82) is 0 Å². The molecule has 0 radical (unpaired) electrons. The van der Waals surface area contributed by atoms with E-state index in [1.807, 2.05) is 20.8 Å². The van der Waals surface area contributed by atoms with Gasteiger partial charge in [-0.1, -0.05) is 38.6 Å². The van der Waals surface area contributed by atoms with Crippen molar-refractivity contribution >= 4 is 28.8 Å². The lowest BCUT2D eigenvalue weighted by Crippen LogP contribution is -2.27. The molecule has 0 saturated carbocycles. The predicted molar refractivity (Wildman–Crippen MR) is 75.6 cm³/mol. The van der Waals surface area contributed by atoms with Crippen molar-refractivity contribution in [2.45, 2.75) is 38.4 Å². The fourth-order valence-electron chi connectivity index (χ4n) is 1.05. The monoisotopic (exact) mass is 285 g/mol. The molecule has 0 rings (SSSR count). The zero-order valence-corrected chi connectivity index (χ0v) is 12.2. The molecule has 0 aliphatic rings. The predicted octanol–water partition coefficient (Wildman–Crippen LogP) is 2.10. The van der Waals surface area contributed by atoms with Crippen LogP contribution in [-0.4, -0.2) is 26.8 Å². The third kappa shape index (κ3) is 9.07. The van der Waals surface area contributed by atoms with Crippen LogP contribution in [-0.2, 0) is 14.4 Å². The Hall–Kier alpha value is -1.56. The number of thioether (sulfide) groups is 1. The van der Waals surface area contributed by atoms with E-state index in [1.165, 1.54) is 0 Å². The Labute approximate surface area is 117 Å². The first-order chi connectivity index (χ1) is 8.65. The number of nitrogens with one attached hydrogen (secondary N) is 1. The third-order valence-corrected chi connectivity index (χ3v) is 2.68. The van der Waals surface area contributed by atoms with Crippen LogP contribution in [0.25, 0.3) is 0 Å². The molecule has 1 amide bonds. The van der Waals surface area contributed by atoms with E-state index in [0.717, 1.165) is 17.8 Å². The van der Waals surface area contributed by atoms with E-state index >= 15 is 0 Å². The minimum absolute atomic E-state index is 0.134. The van der Waals surface area contributed by atoms with Crippen LogP contribution < -0.4 is 5.32 Å². The minimum Gasteiger partial charge on any atom is -0.477 e. The highest BCUT2D eigenvalue weighted by Gasteiger charge is 2.18. The van der Waals surface area contributed by atoms with Gasteiger partial charge in [0.15, 0.2) is 0 Å². The molecule has 106 valence electrons. The first-order valence-electron chi connectivity index (χ1n) is 5.74. The largest absolute Gasteiger partial charge is 0.477 e. The number of carboxylic acid groups (broad SMARTS) is 1. The van der Waals surface area contributed by atoms with E-state index < -0.39 is 22.7 Å². The SMILES string of the molecule is C=CCCC(=O)N/C(=C/C(=O)SC(C)(C)C)C(=O)O.